The Labute approximate surface area is 104 Å². The molecule has 1 aliphatic carbocycles. The quantitative estimate of drug-likeness (QED) is 0.770. The molecule has 1 heterocycles. The number of hydrogen-bond acceptors (Lipinski definition) is 2. The van der Waals surface area contributed by atoms with Crippen LogP contribution < -0.4 is 5.32 Å². The minimum Gasteiger partial charge on any atom is -0.349 e. The van der Waals surface area contributed by atoms with Crippen molar-refractivity contribution in [2.24, 2.45) is 11.3 Å². The Kier molecular flexibility index (Phi) is 3.87. The van der Waals surface area contributed by atoms with Gasteiger partial charge in [0.1, 0.15) is 5.82 Å². The second kappa shape index (κ2) is 5.21. The summed E-state index contributed by atoms with van der Waals surface area (Å²) in [6.07, 6.45) is 8.59. The summed E-state index contributed by atoms with van der Waals surface area (Å²) < 4.78 is 0. The average molecular weight is 235 g/mol. The number of hydrogen-bond donors (Lipinski definition) is 2. The van der Waals surface area contributed by atoms with Crippen LogP contribution in [0.1, 0.15) is 45.9 Å². The van der Waals surface area contributed by atoms with Crippen molar-refractivity contribution in [3.8, 4) is 0 Å². The fraction of sp³-hybridized carbons (Fsp3) is 0.786. The van der Waals surface area contributed by atoms with Crippen LogP contribution in [0.25, 0.3) is 0 Å². The molecule has 0 saturated heterocycles. The molecule has 96 valence electrons. The molecular formula is C14H25N3. The topological polar surface area (TPSA) is 40.7 Å². The highest BCUT2D eigenvalue weighted by Crippen LogP contribution is 2.40. The molecule has 3 nitrogen and oxygen atoms in total. The van der Waals surface area contributed by atoms with Gasteiger partial charge in [-0.3, -0.25) is 0 Å². The normalized spacial score (nSPS) is 27.5. The van der Waals surface area contributed by atoms with Gasteiger partial charge in [-0.15, -0.1) is 0 Å². The van der Waals surface area contributed by atoms with Crippen LogP contribution in [0.2, 0.25) is 0 Å². The first-order valence-corrected chi connectivity index (χ1v) is 6.78. The molecule has 1 fully saturated rings. The lowest BCUT2D eigenvalue weighted by atomic mass is 9.91. The van der Waals surface area contributed by atoms with Crippen LogP contribution >= 0.6 is 0 Å². The zero-order valence-corrected chi connectivity index (χ0v) is 11.3. The fourth-order valence-electron chi connectivity index (χ4n) is 3.15. The van der Waals surface area contributed by atoms with Crippen LogP contribution in [0, 0.1) is 11.3 Å². The number of nitrogens with one attached hydrogen (secondary N) is 2. The largest absolute Gasteiger partial charge is 0.349 e. The molecule has 0 aromatic carbocycles. The summed E-state index contributed by atoms with van der Waals surface area (Å²) in [6, 6.07) is 0.710. The van der Waals surface area contributed by atoms with E-state index in [1.54, 1.807) is 0 Å². The van der Waals surface area contributed by atoms with Crippen molar-refractivity contribution >= 4 is 0 Å². The van der Waals surface area contributed by atoms with Crippen molar-refractivity contribution in [2.45, 2.75) is 52.5 Å². The lowest BCUT2D eigenvalue weighted by Crippen LogP contribution is -2.32. The summed E-state index contributed by atoms with van der Waals surface area (Å²) in [5, 5.41) is 3.71. The molecule has 1 aromatic rings. The Hall–Kier alpha value is -0.830. The predicted octanol–water partition coefficient (Wildman–Crippen LogP) is 2.76. The minimum absolute atomic E-state index is 0.526. The van der Waals surface area contributed by atoms with Gasteiger partial charge in [-0.1, -0.05) is 20.8 Å². The van der Waals surface area contributed by atoms with Gasteiger partial charge in [0.15, 0.2) is 0 Å². The van der Waals surface area contributed by atoms with Gasteiger partial charge >= 0.3 is 0 Å². The molecule has 2 unspecified atom stereocenters. The predicted molar refractivity (Wildman–Crippen MR) is 70.9 cm³/mol. The van der Waals surface area contributed by atoms with E-state index in [0.29, 0.717) is 11.5 Å². The van der Waals surface area contributed by atoms with Crippen LogP contribution in [0.15, 0.2) is 12.4 Å². The molecule has 17 heavy (non-hydrogen) atoms. The third kappa shape index (κ3) is 3.56. The van der Waals surface area contributed by atoms with Crippen molar-refractivity contribution in [2.75, 3.05) is 6.54 Å². The van der Waals surface area contributed by atoms with Gasteiger partial charge in [-0.2, -0.15) is 0 Å². The highest BCUT2D eigenvalue weighted by molar-refractivity contribution is 4.91. The number of rotatable bonds is 5. The second-order valence-electron chi connectivity index (χ2n) is 6.25. The first kappa shape index (κ1) is 12.6. The van der Waals surface area contributed by atoms with E-state index >= 15 is 0 Å². The zero-order valence-electron chi connectivity index (χ0n) is 11.3. The number of imidazole rings is 1. The highest BCUT2D eigenvalue weighted by atomic mass is 14.9. The smallest absolute Gasteiger partial charge is 0.106 e. The molecule has 2 rings (SSSR count). The van der Waals surface area contributed by atoms with Crippen molar-refractivity contribution in [1.29, 1.82) is 0 Å². The Morgan fingerprint density at radius 2 is 2.29 bits per heavy atom. The number of nitrogens with zero attached hydrogens (tertiary/aromatic N) is 1. The van der Waals surface area contributed by atoms with Crippen LogP contribution in [-0.2, 0) is 6.42 Å². The van der Waals surface area contributed by atoms with Crippen molar-refractivity contribution < 1.29 is 0 Å². The summed E-state index contributed by atoms with van der Waals surface area (Å²) >= 11 is 0. The molecular weight excluding hydrogens is 210 g/mol. The number of aryl methyl sites for hydroxylation is 1. The summed E-state index contributed by atoms with van der Waals surface area (Å²) in [5.74, 6) is 1.92. The molecule has 0 radical (unpaired) electrons. The highest BCUT2D eigenvalue weighted by Gasteiger charge is 2.35. The maximum Gasteiger partial charge on any atom is 0.106 e. The van der Waals surface area contributed by atoms with E-state index in [1.807, 2.05) is 12.4 Å². The summed E-state index contributed by atoms with van der Waals surface area (Å²) in [7, 11) is 0. The van der Waals surface area contributed by atoms with Gasteiger partial charge in [-0.25, -0.2) is 4.98 Å². The van der Waals surface area contributed by atoms with Crippen LogP contribution in [0.4, 0.5) is 0 Å². The molecule has 3 heteroatoms. The molecule has 1 aliphatic rings. The van der Waals surface area contributed by atoms with E-state index in [1.165, 1.54) is 12.8 Å². The number of H-pyrrole nitrogens is 1. The minimum atomic E-state index is 0.526. The van der Waals surface area contributed by atoms with Crippen molar-refractivity contribution in [3.63, 3.8) is 0 Å². The maximum atomic E-state index is 4.24. The average Bonchev–Trinajstić information content (AvgIpc) is 2.81. The Morgan fingerprint density at radius 3 is 2.88 bits per heavy atom. The third-order valence-corrected chi connectivity index (χ3v) is 3.89. The van der Waals surface area contributed by atoms with E-state index in [4.69, 9.17) is 0 Å². The lowest BCUT2D eigenvalue weighted by Gasteiger charge is -2.18. The lowest BCUT2D eigenvalue weighted by molar-refractivity contribution is 0.362. The molecule has 1 aromatic heterocycles. The van der Waals surface area contributed by atoms with Gasteiger partial charge in [0.05, 0.1) is 0 Å². The van der Waals surface area contributed by atoms with Gasteiger partial charge < -0.3 is 10.3 Å². The summed E-state index contributed by atoms with van der Waals surface area (Å²) in [6.45, 7) is 8.24. The Balaban J connectivity index is 1.66. The zero-order chi connectivity index (χ0) is 12.3. The SMILES string of the molecule is CC1CC(C)(C)CC1NCCCc1ncc[nH]1. The monoisotopic (exact) mass is 235 g/mol. The Bertz CT molecular complexity index is 329. The molecule has 1 saturated carbocycles. The Morgan fingerprint density at radius 1 is 1.47 bits per heavy atom. The molecule has 2 atom stereocenters. The number of aromatic amines is 1. The summed E-state index contributed by atoms with van der Waals surface area (Å²) in [5.41, 5.74) is 0.526. The number of aromatic nitrogens is 2. The van der Waals surface area contributed by atoms with Gasteiger partial charge in [-0.05, 0) is 37.1 Å². The first-order valence-electron chi connectivity index (χ1n) is 6.78. The van der Waals surface area contributed by atoms with Crippen molar-refractivity contribution in [1.82, 2.24) is 15.3 Å². The van der Waals surface area contributed by atoms with E-state index in [-0.39, 0.29) is 0 Å². The van der Waals surface area contributed by atoms with E-state index in [0.717, 1.165) is 31.1 Å². The molecule has 0 spiro atoms. The van der Waals surface area contributed by atoms with E-state index in [9.17, 15) is 0 Å². The molecule has 0 aliphatic heterocycles. The van der Waals surface area contributed by atoms with E-state index < -0.39 is 0 Å². The third-order valence-electron chi connectivity index (χ3n) is 3.89. The standard InChI is InChI=1S/C14H25N3/c1-11-9-14(2,3)10-12(11)15-6-4-5-13-16-7-8-17-13/h7-8,11-12,15H,4-6,9-10H2,1-3H3,(H,16,17). The van der Waals surface area contributed by atoms with Crippen molar-refractivity contribution in [3.05, 3.63) is 18.2 Å². The van der Waals surface area contributed by atoms with Gasteiger partial charge in [0.25, 0.3) is 0 Å². The van der Waals surface area contributed by atoms with Crippen LogP contribution in [0.3, 0.4) is 0 Å². The second-order valence-corrected chi connectivity index (χ2v) is 6.25. The van der Waals surface area contributed by atoms with Crippen LogP contribution in [0.5, 0.6) is 0 Å². The van der Waals surface area contributed by atoms with Gasteiger partial charge in [0, 0.05) is 24.9 Å². The molecule has 2 N–H and O–H groups in total. The molecule has 0 amide bonds. The van der Waals surface area contributed by atoms with Crippen LogP contribution in [-0.4, -0.2) is 22.6 Å². The summed E-state index contributed by atoms with van der Waals surface area (Å²) in [4.78, 5) is 7.39. The van der Waals surface area contributed by atoms with E-state index in [2.05, 4.69) is 36.1 Å². The molecule has 0 bridgehead atoms. The maximum absolute atomic E-state index is 4.24. The first-order chi connectivity index (χ1) is 8.07. The fourth-order valence-corrected chi connectivity index (χ4v) is 3.15. The van der Waals surface area contributed by atoms with Gasteiger partial charge in [0.2, 0.25) is 0 Å².